The van der Waals surface area contributed by atoms with E-state index in [0.717, 1.165) is 12.8 Å². The second kappa shape index (κ2) is 10.5. The molecule has 0 unspecified atom stereocenters. The number of aromatic amines is 1. The highest BCUT2D eigenvalue weighted by Gasteiger charge is 2.01. The summed E-state index contributed by atoms with van der Waals surface area (Å²) in [6.45, 7) is 0.697. The number of hydrogen-bond acceptors (Lipinski definition) is 4. The first-order valence-corrected chi connectivity index (χ1v) is 7.68. The first-order valence-electron chi connectivity index (χ1n) is 7.15. The maximum Gasteiger partial charge on any atom is 0.292 e. The number of pyridine rings is 2. The Morgan fingerprint density at radius 1 is 1.09 bits per heavy atom. The zero-order valence-corrected chi connectivity index (χ0v) is 14.0. The van der Waals surface area contributed by atoms with E-state index in [-0.39, 0.29) is 11.1 Å². The molecule has 2 heterocycles. The van der Waals surface area contributed by atoms with Gasteiger partial charge in [0.05, 0.1) is 14.2 Å². The van der Waals surface area contributed by atoms with E-state index in [1.807, 2.05) is 0 Å². The Balaban J connectivity index is 0.000000253. The molecule has 0 atom stereocenters. The molecule has 23 heavy (non-hydrogen) atoms. The predicted molar refractivity (Wildman–Crippen MR) is 90.8 cm³/mol. The van der Waals surface area contributed by atoms with E-state index in [1.54, 1.807) is 41.2 Å². The van der Waals surface area contributed by atoms with E-state index in [0.29, 0.717) is 23.9 Å². The van der Waals surface area contributed by atoms with Crippen molar-refractivity contribution in [3.05, 3.63) is 57.4 Å². The minimum absolute atomic E-state index is 0.0791. The summed E-state index contributed by atoms with van der Waals surface area (Å²) in [5.41, 5.74) is -0.274. The van der Waals surface area contributed by atoms with Crippen molar-refractivity contribution >= 4 is 11.6 Å². The van der Waals surface area contributed by atoms with Crippen molar-refractivity contribution in [3.8, 4) is 11.5 Å². The van der Waals surface area contributed by atoms with Gasteiger partial charge in [0, 0.05) is 24.8 Å². The number of ether oxygens (including phenoxy) is 2. The molecule has 126 valence electrons. The van der Waals surface area contributed by atoms with Gasteiger partial charge in [-0.2, -0.15) is 0 Å². The van der Waals surface area contributed by atoms with Gasteiger partial charge in [-0.25, -0.2) is 0 Å². The molecule has 0 aliphatic heterocycles. The van der Waals surface area contributed by atoms with Crippen LogP contribution in [0.1, 0.15) is 12.8 Å². The van der Waals surface area contributed by atoms with E-state index in [1.165, 1.54) is 14.2 Å². The minimum atomic E-state index is -0.194. The third-order valence-electron chi connectivity index (χ3n) is 2.99. The van der Waals surface area contributed by atoms with Crippen LogP contribution in [0, 0.1) is 0 Å². The lowest BCUT2D eigenvalue weighted by Crippen LogP contribution is -2.20. The van der Waals surface area contributed by atoms with E-state index in [9.17, 15) is 9.59 Å². The van der Waals surface area contributed by atoms with Crippen molar-refractivity contribution < 1.29 is 9.47 Å². The molecule has 6 nitrogen and oxygen atoms in total. The lowest BCUT2D eigenvalue weighted by Gasteiger charge is -2.06. The quantitative estimate of drug-likeness (QED) is 0.646. The molecule has 0 amide bonds. The molecule has 0 aliphatic rings. The van der Waals surface area contributed by atoms with Crippen molar-refractivity contribution in [2.24, 2.45) is 0 Å². The summed E-state index contributed by atoms with van der Waals surface area (Å²) < 4.78 is 11.3. The number of nitrogens with zero attached hydrogens (tertiary/aromatic N) is 1. The monoisotopic (exact) mass is 340 g/mol. The zero-order chi connectivity index (χ0) is 17.1. The van der Waals surface area contributed by atoms with Gasteiger partial charge in [0.25, 0.3) is 11.1 Å². The minimum Gasteiger partial charge on any atom is -0.491 e. The van der Waals surface area contributed by atoms with Crippen molar-refractivity contribution in [2.75, 3.05) is 20.1 Å². The molecule has 1 N–H and O–H groups in total. The molecule has 0 radical (unpaired) electrons. The fourth-order valence-electron chi connectivity index (χ4n) is 1.79. The summed E-state index contributed by atoms with van der Waals surface area (Å²) in [4.78, 5) is 24.7. The average molecular weight is 341 g/mol. The fraction of sp³-hybridized carbons (Fsp3) is 0.375. The third-order valence-corrected chi connectivity index (χ3v) is 3.26. The molecule has 0 spiro atoms. The lowest BCUT2D eigenvalue weighted by atomic mass is 10.3. The summed E-state index contributed by atoms with van der Waals surface area (Å²) in [7, 11) is 2.96. The summed E-state index contributed by atoms with van der Waals surface area (Å²) in [6, 6.07) is 6.79. The number of H-pyrrole nitrogens is 1. The average Bonchev–Trinajstić information content (AvgIpc) is 2.58. The van der Waals surface area contributed by atoms with Crippen LogP contribution in [0.15, 0.2) is 46.2 Å². The molecule has 2 rings (SSSR count). The van der Waals surface area contributed by atoms with Gasteiger partial charge in [-0.1, -0.05) is 0 Å². The molecule has 0 fully saturated rings. The Kier molecular flexibility index (Phi) is 8.60. The molecule has 2 aromatic heterocycles. The Hall–Kier alpha value is -2.21. The number of methoxy groups -OCH3 is 2. The van der Waals surface area contributed by atoms with Gasteiger partial charge >= 0.3 is 0 Å². The van der Waals surface area contributed by atoms with Gasteiger partial charge in [0.15, 0.2) is 11.5 Å². The van der Waals surface area contributed by atoms with E-state index < -0.39 is 0 Å². The predicted octanol–water partition coefficient (Wildman–Crippen LogP) is 2.26. The molecular formula is C16H21ClN2O4. The van der Waals surface area contributed by atoms with Gasteiger partial charge in [0.1, 0.15) is 0 Å². The normalized spacial score (nSPS) is 9.70. The number of aromatic nitrogens is 2. The fourth-order valence-corrected chi connectivity index (χ4v) is 1.98. The topological polar surface area (TPSA) is 73.3 Å². The van der Waals surface area contributed by atoms with Crippen LogP contribution < -0.4 is 20.6 Å². The highest BCUT2D eigenvalue weighted by atomic mass is 35.5. The summed E-state index contributed by atoms with van der Waals surface area (Å²) in [5, 5.41) is 0. The maximum absolute atomic E-state index is 11.6. The molecule has 7 heteroatoms. The number of hydrogen-bond donors (Lipinski definition) is 1. The van der Waals surface area contributed by atoms with Gasteiger partial charge in [-0.05, 0) is 37.1 Å². The standard InChI is InChI=1S/C10H14ClNO2.C6H7NO2/c1-14-9-5-4-8-12(10(9)13)7-3-2-6-11;1-9-5-3-2-4-7-6(5)8/h4-5,8H,2-3,6-7H2,1H3;2-4H,1H3,(H,7,8). The lowest BCUT2D eigenvalue weighted by molar-refractivity contribution is 0.401. The Morgan fingerprint density at radius 2 is 1.78 bits per heavy atom. The summed E-state index contributed by atoms with van der Waals surface area (Å²) in [6.07, 6.45) is 5.16. The van der Waals surface area contributed by atoms with Crippen LogP contribution in [-0.2, 0) is 6.54 Å². The van der Waals surface area contributed by atoms with E-state index >= 15 is 0 Å². The summed E-state index contributed by atoms with van der Waals surface area (Å²) >= 11 is 5.55. The second-order valence-electron chi connectivity index (χ2n) is 4.54. The number of unbranched alkanes of at least 4 members (excludes halogenated alkanes) is 1. The van der Waals surface area contributed by atoms with E-state index in [4.69, 9.17) is 21.1 Å². The second-order valence-corrected chi connectivity index (χ2v) is 4.92. The molecule has 0 bridgehead atoms. The van der Waals surface area contributed by atoms with Crippen LogP contribution in [0.5, 0.6) is 11.5 Å². The Bertz CT molecular complexity index is 697. The van der Waals surface area contributed by atoms with Crippen molar-refractivity contribution in [1.82, 2.24) is 9.55 Å². The van der Waals surface area contributed by atoms with Gasteiger partial charge in [-0.15, -0.1) is 11.6 Å². The van der Waals surface area contributed by atoms with Crippen molar-refractivity contribution in [2.45, 2.75) is 19.4 Å². The third kappa shape index (κ3) is 6.20. The smallest absolute Gasteiger partial charge is 0.292 e. The molecule has 0 aliphatic carbocycles. The number of rotatable bonds is 6. The van der Waals surface area contributed by atoms with Gasteiger partial charge < -0.3 is 19.0 Å². The van der Waals surface area contributed by atoms with Crippen LogP contribution in [-0.4, -0.2) is 29.7 Å². The van der Waals surface area contributed by atoms with Crippen LogP contribution in [0.3, 0.4) is 0 Å². The van der Waals surface area contributed by atoms with Gasteiger partial charge in [0.2, 0.25) is 0 Å². The van der Waals surface area contributed by atoms with E-state index in [2.05, 4.69) is 4.98 Å². The maximum atomic E-state index is 11.6. The van der Waals surface area contributed by atoms with Crippen molar-refractivity contribution in [3.63, 3.8) is 0 Å². The first kappa shape index (κ1) is 18.8. The molecular weight excluding hydrogens is 320 g/mol. The number of nitrogens with one attached hydrogen (secondary N) is 1. The van der Waals surface area contributed by atoms with Gasteiger partial charge in [-0.3, -0.25) is 9.59 Å². The highest BCUT2D eigenvalue weighted by Crippen LogP contribution is 2.02. The SMILES string of the molecule is COc1ccc[nH]c1=O.COc1cccn(CCCCCl)c1=O. The number of alkyl halides is 1. The van der Waals surface area contributed by atoms with Crippen LogP contribution in [0.2, 0.25) is 0 Å². The highest BCUT2D eigenvalue weighted by molar-refractivity contribution is 6.17. The van der Waals surface area contributed by atoms with Crippen molar-refractivity contribution in [1.29, 1.82) is 0 Å². The van der Waals surface area contributed by atoms with Crippen LogP contribution in [0.4, 0.5) is 0 Å². The summed E-state index contributed by atoms with van der Waals surface area (Å²) in [5.74, 6) is 1.37. The Labute approximate surface area is 139 Å². The molecule has 0 aromatic carbocycles. The van der Waals surface area contributed by atoms with Crippen LogP contribution >= 0.6 is 11.6 Å². The Morgan fingerprint density at radius 3 is 2.35 bits per heavy atom. The molecule has 2 aromatic rings. The largest absolute Gasteiger partial charge is 0.491 e. The zero-order valence-electron chi connectivity index (χ0n) is 13.3. The molecule has 0 saturated heterocycles. The molecule has 0 saturated carbocycles. The first-order chi connectivity index (χ1) is 11.1. The number of halogens is 1. The number of aryl methyl sites for hydroxylation is 1. The van der Waals surface area contributed by atoms with Crippen LogP contribution in [0.25, 0.3) is 0 Å².